The number of hydrogen-bond acceptors (Lipinski definition) is 2. The van der Waals surface area contributed by atoms with Crippen molar-refractivity contribution in [2.24, 2.45) is 0 Å². The molecule has 0 spiro atoms. The minimum atomic E-state index is -0.193. The Kier molecular flexibility index (Phi) is 5.01. The van der Waals surface area contributed by atoms with Crippen molar-refractivity contribution in [2.75, 3.05) is 18.6 Å². The van der Waals surface area contributed by atoms with Gasteiger partial charge in [0.25, 0.3) is 0 Å². The number of nitrogens with zero attached hydrogens (tertiary/aromatic N) is 1. The van der Waals surface area contributed by atoms with Crippen molar-refractivity contribution < 1.29 is 9.13 Å². The van der Waals surface area contributed by atoms with Crippen molar-refractivity contribution in [1.82, 2.24) is 0 Å². The maximum absolute atomic E-state index is 13.9. The van der Waals surface area contributed by atoms with Crippen LogP contribution in [0.4, 0.5) is 10.1 Å². The Balaban J connectivity index is 2.23. The number of hydrogen-bond donors (Lipinski definition) is 0. The minimum absolute atomic E-state index is 0.193. The van der Waals surface area contributed by atoms with E-state index in [4.69, 9.17) is 4.74 Å². The zero-order valence-corrected chi connectivity index (χ0v) is 13.2. The lowest BCUT2D eigenvalue weighted by molar-refractivity contribution is 0.412. The molecule has 0 bridgehead atoms. The van der Waals surface area contributed by atoms with E-state index in [1.165, 1.54) is 6.07 Å². The highest BCUT2D eigenvalue weighted by Crippen LogP contribution is 2.27. The number of rotatable bonds is 5. The lowest BCUT2D eigenvalue weighted by atomic mass is 10.2. The fourth-order valence-electron chi connectivity index (χ4n) is 2.10. The summed E-state index contributed by atoms with van der Waals surface area (Å²) in [7, 11) is 1.64. The van der Waals surface area contributed by atoms with Crippen LogP contribution in [-0.2, 0) is 6.54 Å². The number of benzene rings is 2. The molecule has 2 nitrogen and oxygen atoms in total. The first-order chi connectivity index (χ1) is 9.65. The molecule has 0 saturated carbocycles. The second kappa shape index (κ2) is 6.75. The summed E-state index contributed by atoms with van der Waals surface area (Å²) in [6.45, 7) is 3.41. The predicted molar refractivity (Wildman–Crippen MR) is 83.8 cm³/mol. The molecule has 0 aliphatic heterocycles. The van der Waals surface area contributed by atoms with E-state index >= 15 is 0 Å². The van der Waals surface area contributed by atoms with Crippen molar-refractivity contribution in [2.45, 2.75) is 13.5 Å². The number of halogens is 2. The van der Waals surface area contributed by atoms with Gasteiger partial charge in [-0.1, -0.05) is 18.2 Å². The fourth-order valence-corrected chi connectivity index (χ4v) is 2.69. The van der Waals surface area contributed by atoms with E-state index in [0.717, 1.165) is 22.3 Å². The summed E-state index contributed by atoms with van der Waals surface area (Å²) in [4.78, 5) is 2.00. The molecule has 2 aromatic carbocycles. The van der Waals surface area contributed by atoms with Gasteiger partial charge in [0.2, 0.25) is 0 Å². The van der Waals surface area contributed by atoms with E-state index in [0.29, 0.717) is 12.2 Å². The molecule has 0 saturated heterocycles. The van der Waals surface area contributed by atoms with Gasteiger partial charge in [-0.2, -0.15) is 0 Å². The second-order valence-corrected chi connectivity index (χ2v) is 5.29. The van der Waals surface area contributed by atoms with Crippen LogP contribution in [-0.4, -0.2) is 13.7 Å². The molecular weight excluding hydrogens is 321 g/mol. The monoisotopic (exact) mass is 337 g/mol. The van der Waals surface area contributed by atoms with E-state index in [2.05, 4.69) is 15.9 Å². The average molecular weight is 338 g/mol. The molecule has 0 aromatic heterocycles. The molecule has 0 heterocycles. The van der Waals surface area contributed by atoms with Gasteiger partial charge in [-0.3, -0.25) is 0 Å². The van der Waals surface area contributed by atoms with Crippen LogP contribution in [0.1, 0.15) is 12.5 Å². The van der Waals surface area contributed by atoms with Gasteiger partial charge >= 0.3 is 0 Å². The van der Waals surface area contributed by atoms with Gasteiger partial charge in [0.1, 0.15) is 11.6 Å². The van der Waals surface area contributed by atoms with Crippen LogP contribution in [0.15, 0.2) is 46.9 Å². The van der Waals surface area contributed by atoms with Crippen molar-refractivity contribution in [3.63, 3.8) is 0 Å². The highest BCUT2D eigenvalue weighted by molar-refractivity contribution is 9.10. The van der Waals surface area contributed by atoms with Gasteiger partial charge < -0.3 is 9.64 Å². The molecule has 106 valence electrons. The van der Waals surface area contributed by atoms with Gasteiger partial charge in [-0.15, -0.1) is 0 Å². The predicted octanol–water partition coefficient (Wildman–Crippen LogP) is 4.62. The Bertz CT molecular complexity index is 588. The normalized spacial score (nSPS) is 10.4. The molecule has 2 aromatic rings. The van der Waals surface area contributed by atoms with Crippen LogP contribution in [0.5, 0.6) is 5.75 Å². The number of para-hydroxylation sites is 1. The molecule has 0 N–H and O–H groups in total. The standard InChI is InChI=1S/C16H17BrFNO/c1-3-19(15-7-5-4-6-14(15)18)11-12-8-9-16(20-2)13(17)10-12/h4-10H,3,11H2,1-2H3. The van der Waals surface area contributed by atoms with Crippen LogP contribution in [0.2, 0.25) is 0 Å². The third-order valence-corrected chi connectivity index (χ3v) is 3.78. The van der Waals surface area contributed by atoms with Gasteiger partial charge in [-0.25, -0.2) is 4.39 Å². The van der Waals surface area contributed by atoms with Crippen molar-refractivity contribution in [3.05, 3.63) is 58.3 Å². The summed E-state index contributed by atoms with van der Waals surface area (Å²) in [6.07, 6.45) is 0. The Morgan fingerprint density at radius 1 is 1.20 bits per heavy atom. The maximum atomic E-state index is 13.9. The zero-order chi connectivity index (χ0) is 14.5. The van der Waals surface area contributed by atoms with E-state index < -0.39 is 0 Å². The van der Waals surface area contributed by atoms with Gasteiger partial charge in [0.15, 0.2) is 0 Å². The molecule has 0 fully saturated rings. The van der Waals surface area contributed by atoms with E-state index in [9.17, 15) is 4.39 Å². The minimum Gasteiger partial charge on any atom is -0.496 e. The topological polar surface area (TPSA) is 12.5 Å². The van der Waals surface area contributed by atoms with Gasteiger partial charge in [0, 0.05) is 13.1 Å². The number of methoxy groups -OCH3 is 1. The Hall–Kier alpha value is -1.55. The van der Waals surface area contributed by atoms with Gasteiger partial charge in [0.05, 0.1) is 17.3 Å². The molecule has 0 radical (unpaired) electrons. The molecule has 0 aliphatic rings. The quantitative estimate of drug-likeness (QED) is 0.789. The Morgan fingerprint density at radius 3 is 2.55 bits per heavy atom. The third kappa shape index (κ3) is 3.31. The molecule has 0 aliphatic carbocycles. The van der Waals surface area contributed by atoms with Crippen LogP contribution in [0.3, 0.4) is 0 Å². The highest BCUT2D eigenvalue weighted by Gasteiger charge is 2.10. The third-order valence-electron chi connectivity index (χ3n) is 3.16. The summed E-state index contributed by atoms with van der Waals surface area (Å²) >= 11 is 3.47. The van der Waals surface area contributed by atoms with Crippen LogP contribution in [0, 0.1) is 5.82 Å². The summed E-state index contributed by atoms with van der Waals surface area (Å²) in [5, 5.41) is 0. The fraction of sp³-hybridized carbons (Fsp3) is 0.250. The molecular formula is C16H17BrFNO. The summed E-state index contributed by atoms with van der Waals surface area (Å²) in [6, 6.07) is 12.8. The molecule has 0 atom stereocenters. The first-order valence-corrected chi connectivity index (χ1v) is 7.27. The van der Waals surface area contributed by atoms with Crippen LogP contribution < -0.4 is 9.64 Å². The molecule has 2 rings (SSSR count). The zero-order valence-electron chi connectivity index (χ0n) is 11.6. The van der Waals surface area contributed by atoms with Crippen molar-refractivity contribution >= 4 is 21.6 Å². The first-order valence-electron chi connectivity index (χ1n) is 6.47. The molecule has 0 amide bonds. The SMILES string of the molecule is CCN(Cc1ccc(OC)c(Br)c1)c1ccccc1F. The van der Waals surface area contributed by atoms with E-state index in [-0.39, 0.29) is 5.82 Å². The van der Waals surface area contributed by atoms with E-state index in [1.54, 1.807) is 19.2 Å². The molecule has 0 unspecified atom stereocenters. The smallest absolute Gasteiger partial charge is 0.146 e. The summed E-state index contributed by atoms with van der Waals surface area (Å²) in [5.74, 6) is 0.601. The van der Waals surface area contributed by atoms with Crippen LogP contribution >= 0.6 is 15.9 Å². The summed E-state index contributed by atoms with van der Waals surface area (Å²) in [5.41, 5.74) is 1.73. The molecule has 20 heavy (non-hydrogen) atoms. The lowest BCUT2D eigenvalue weighted by Gasteiger charge is -2.24. The number of ether oxygens (including phenoxy) is 1. The summed E-state index contributed by atoms with van der Waals surface area (Å²) < 4.78 is 20.0. The highest BCUT2D eigenvalue weighted by atomic mass is 79.9. The van der Waals surface area contributed by atoms with Crippen LogP contribution in [0.25, 0.3) is 0 Å². The number of anilines is 1. The van der Waals surface area contributed by atoms with Crippen molar-refractivity contribution in [1.29, 1.82) is 0 Å². The maximum Gasteiger partial charge on any atom is 0.146 e. The average Bonchev–Trinajstić information content (AvgIpc) is 2.46. The Labute approximate surface area is 127 Å². The Morgan fingerprint density at radius 2 is 1.95 bits per heavy atom. The van der Waals surface area contributed by atoms with E-state index in [1.807, 2.05) is 36.1 Å². The second-order valence-electron chi connectivity index (χ2n) is 4.43. The molecule has 4 heteroatoms. The van der Waals surface area contributed by atoms with Gasteiger partial charge in [-0.05, 0) is 52.7 Å². The van der Waals surface area contributed by atoms with Crippen molar-refractivity contribution in [3.8, 4) is 5.75 Å². The lowest BCUT2D eigenvalue weighted by Crippen LogP contribution is -2.23. The largest absolute Gasteiger partial charge is 0.496 e. The first kappa shape index (κ1) is 14.9.